The monoisotopic (exact) mass is 254 g/mol. The Balaban J connectivity index is 2.09. The summed E-state index contributed by atoms with van der Waals surface area (Å²) in [6, 6.07) is 1.54. The molecule has 2 amide bonds. The van der Waals surface area contributed by atoms with E-state index in [-0.39, 0.29) is 6.03 Å². The summed E-state index contributed by atoms with van der Waals surface area (Å²) in [4.78, 5) is 18.9. The van der Waals surface area contributed by atoms with Crippen molar-refractivity contribution >= 4 is 23.3 Å². The molecule has 2 N–H and O–H groups in total. The predicted octanol–water partition coefficient (Wildman–Crippen LogP) is 1.33. The molecule has 17 heavy (non-hydrogen) atoms. The van der Waals surface area contributed by atoms with Crippen LogP contribution in [0, 0.1) is 0 Å². The van der Waals surface area contributed by atoms with Gasteiger partial charge in [-0.15, -0.1) is 0 Å². The fraction of sp³-hybridized carbons (Fsp3) is 0.455. The van der Waals surface area contributed by atoms with E-state index < -0.39 is 0 Å². The molecular weight excluding hydrogens is 240 g/mol. The lowest BCUT2D eigenvalue weighted by atomic mass is 10.3. The van der Waals surface area contributed by atoms with Crippen LogP contribution in [0.15, 0.2) is 18.5 Å². The number of anilines is 1. The number of hydrogen-bond donors (Lipinski definition) is 1. The van der Waals surface area contributed by atoms with Gasteiger partial charge in [-0.05, 0) is 12.5 Å². The topological polar surface area (TPSA) is 62.5 Å². The summed E-state index contributed by atoms with van der Waals surface area (Å²) >= 11 is 6.10. The standard InChI is InChI=1S/C11H15ClN4O/c12-9-8-14-3-2-10(9)15-4-1-5-16(7-6-15)11(13)17/h2-3,8H,1,4-7H2,(H2,13,17). The summed E-state index contributed by atoms with van der Waals surface area (Å²) in [6.45, 7) is 2.95. The Kier molecular flexibility index (Phi) is 3.68. The largest absolute Gasteiger partial charge is 0.368 e. The van der Waals surface area contributed by atoms with Gasteiger partial charge in [0.2, 0.25) is 0 Å². The van der Waals surface area contributed by atoms with Gasteiger partial charge in [0.15, 0.2) is 0 Å². The average molecular weight is 255 g/mol. The molecule has 0 atom stereocenters. The Hall–Kier alpha value is -1.49. The van der Waals surface area contributed by atoms with Gasteiger partial charge in [0.25, 0.3) is 0 Å². The zero-order valence-electron chi connectivity index (χ0n) is 9.47. The number of hydrogen-bond acceptors (Lipinski definition) is 3. The zero-order chi connectivity index (χ0) is 12.3. The van der Waals surface area contributed by atoms with E-state index in [0.717, 1.165) is 25.2 Å². The van der Waals surface area contributed by atoms with E-state index in [1.807, 2.05) is 6.07 Å². The van der Waals surface area contributed by atoms with Crippen molar-refractivity contribution in [2.45, 2.75) is 6.42 Å². The third-order valence-electron chi connectivity index (χ3n) is 2.90. The van der Waals surface area contributed by atoms with E-state index in [2.05, 4.69) is 9.88 Å². The molecule has 6 heteroatoms. The minimum atomic E-state index is -0.354. The van der Waals surface area contributed by atoms with Crippen molar-refractivity contribution in [2.24, 2.45) is 5.73 Å². The molecule has 0 aromatic carbocycles. The first kappa shape index (κ1) is 12.0. The lowest BCUT2D eigenvalue weighted by Crippen LogP contribution is -2.38. The van der Waals surface area contributed by atoms with Crippen LogP contribution in [-0.4, -0.2) is 42.1 Å². The summed E-state index contributed by atoms with van der Waals surface area (Å²) in [7, 11) is 0. The molecule has 0 radical (unpaired) electrons. The fourth-order valence-corrected chi connectivity index (χ4v) is 2.24. The van der Waals surface area contributed by atoms with E-state index in [0.29, 0.717) is 18.1 Å². The number of amides is 2. The first-order chi connectivity index (χ1) is 8.18. The van der Waals surface area contributed by atoms with Crippen molar-refractivity contribution in [3.8, 4) is 0 Å². The highest BCUT2D eigenvalue weighted by Gasteiger charge is 2.18. The van der Waals surface area contributed by atoms with Crippen LogP contribution in [0.2, 0.25) is 5.02 Å². The van der Waals surface area contributed by atoms with Crippen LogP contribution in [0.5, 0.6) is 0 Å². The molecule has 1 aliphatic heterocycles. The first-order valence-electron chi connectivity index (χ1n) is 5.57. The highest BCUT2D eigenvalue weighted by Crippen LogP contribution is 2.24. The van der Waals surface area contributed by atoms with Gasteiger partial charge < -0.3 is 15.5 Å². The van der Waals surface area contributed by atoms with Gasteiger partial charge in [-0.2, -0.15) is 0 Å². The molecule has 1 aromatic rings. The number of urea groups is 1. The molecule has 0 aliphatic carbocycles. The molecule has 92 valence electrons. The second kappa shape index (κ2) is 5.23. The molecule has 1 saturated heterocycles. The van der Waals surface area contributed by atoms with Gasteiger partial charge in [-0.1, -0.05) is 11.6 Å². The maximum atomic E-state index is 11.1. The number of primary amides is 1. The molecule has 0 spiro atoms. The second-order valence-corrected chi connectivity index (χ2v) is 4.40. The van der Waals surface area contributed by atoms with Crippen LogP contribution in [0.3, 0.4) is 0 Å². The normalized spacial score (nSPS) is 16.8. The Morgan fingerprint density at radius 3 is 2.88 bits per heavy atom. The van der Waals surface area contributed by atoms with Crippen LogP contribution >= 0.6 is 11.6 Å². The summed E-state index contributed by atoms with van der Waals surface area (Å²) < 4.78 is 0. The van der Waals surface area contributed by atoms with Crippen LogP contribution in [0.25, 0.3) is 0 Å². The Morgan fingerprint density at radius 1 is 1.35 bits per heavy atom. The molecule has 0 unspecified atom stereocenters. The highest BCUT2D eigenvalue weighted by molar-refractivity contribution is 6.33. The number of nitrogens with zero attached hydrogens (tertiary/aromatic N) is 3. The summed E-state index contributed by atoms with van der Waals surface area (Å²) in [5.74, 6) is 0. The molecule has 1 aliphatic rings. The van der Waals surface area contributed by atoms with Gasteiger partial charge in [-0.3, -0.25) is 4.98 Å². The van der Waals surface area contributed by atoms with Crippen LogP contribution in [-0.2, 0) is 0 Å². The fourth-order valence-electron chi connectivity index (χ4n) is 2.00. The molecule has 2 heterocycles. The third-order valence-corrected chi connectivity index (χ3v) is 3.19. The van der Waals surface area contributed by atoms with E-state index in [9.17, 15) is 4.79 Å². The van der Waals surface area contributed by atoms with Crippen molar-refractivity contribution in [2.75, 3.05) is 31.1 Å². The smallest absolute Gasteiger partial charge is 0.314 e. The Bertz CT molecular complexity index is 412. The van der Waals surface area contributed by atoms with Crippen LogP contribution in [0.1, 0.15) is 6.42 Å². The molecule has 5 nitrogen and oxygen atoms in total. The predicted molar refractivity (Wildman–Crippen MR) is 67.2 cm³/mol. The minimum absolute atomic E-state index is 0.354. The molecule has 0 saturated carbocycles. The maximum absolute atomic E-state index is 11.1. The van der Waals surface area contributed by atoms with E-state index in [1.54, 1.807) is 17.3 Å². The summed E-state index contributed by atoms with van der Waals surface area (Å²) in [6.07, 6.45) is 4.24. The molecule has 1 aromatic heterocycles. The zero-order valence-corrected chi connectivity index (χ0v) is 10.2. The van der Waals surface area contributed by atoms with Crippen LogP contribution < -0.4 is 10.6 Å². The molecule has 0 bridgehead atoms. The van der Waals surface area contributed by atoms with Crippen LogP contribution in [0.4, 0.5) is 10.5 Å². The van der Waals surface area contributed by atoms with Crippen molar-refractivity contribution in [3.05, 3.63) is 23.5 Å². The number of carbonyl (C=O) groups excluding carboxylic acids is 1. The molecule has 1 fully saturated rings. The number of carbonyl (C=O) groups is 1. The quantitative estimate of drug-likeness (QED) is 0.822. The SMILES string of the molecule is NC(=O)N1CCCN(c2ccncc2Cl)CC1. The Morgan fingerprint density at radius 2 is 2.18 bits per heavy atom. The minimum Gasteiger partial charge on any atom is -0.368 e. The lowest BCUT2D eigenvalue weighted by molar-refractivity contribution is 0.211. The lowest BCUT2D eigenvalue weighted by Gasteiger charge is -2.23. The van der Waals surface area contributed by atoms with Gasteiger partial charge in [-0.25, -0.2) is 4.79 Å². The number of rotatable bonds is 1. The van der Waals surface area contributed by atoms with Crippen molar-refractivity contribution in [1.29, 1.82) is 0 Å². The van der Waals surface area contributed by atoms with E-state index >= 15 is 0 Å². The van der Waals surface area contributed by atoms with Crippen molar-refractivity contribution < 1.29 is 4.79 Å². The van der Waals surface area contributed by atoms with Gasteiger partial charge >= 0.3 is 6.03 Å². The number of nitrogens with two attached hydrogens (primary N) is 1. The highest BCUT2D eigenvalue weighted by atomic mass is 35.5. The third kappa shape index (κ3) is 2.79. The van der Waals surface area contributed by atoms with Crippen molar-refractivity contribution in [1.82, 2.24) is 9.88 Å². The summed E-state index contributed by atoms with van der Waals surface area (Å²) in [5.41, 5.74) is 6.25. The molecular formula is C11H15ClN4O. The molecule has 2 rings (SSSR count). The maximum Gasteiger partial charge on any atom is 0.314 e. The summed E-state index contributed by atoms with van der Waals surface area (Å²) in [5, 5.41) is 0.639. The average Bonchev–Trinajstić information content (AvgIpc) is 2.55. The van der Waals surface area contributed by atoms with E-state index in [1.165, 1.54) is 0 Å². The number of aromatic nitrogens is 1. The number of halogens is 1. The van der Waals surface area contributed by atoms with Gasteiger partial charge in [0.05, 0.1) is 10.7 Å². The second-order valence-electron chi connectivity index (χ2n) is 3.99. The Labute approximate surface area is 105 Å². The van der Waals surface area contributed by atoms with Gasteiger partial charge in [0.1, 0.15) is 0 Å². The van der Waals surface area contributed by atoms with Gasteiger partial charge in [0, 0.05) is 38.6 Å². The van der Waals surface area contributed by atoms with E-state index in [4.69, 9.17) is 17.3 Å². The van der Waals surface area contributed by atoms with Crippen molar-refractivity contribution in [3.63, 3.8) is 0 Å². The number of pyridine rings is 1. The first-order valence-corrected chi connectivity index (χ1v) is 5.95.